The van der Waals surface area contributed by atoms with E-state index in [0.29, 0.717) is 17.1 Å². The highest BCUT2D eigenvalue weighted by atomic mass is 79.9. The number of ether oxygens (including phenoxy) is 1. The number of hydrogen-bond donors (Lipinski definition) is 1. The summed E-state index contributed by atoms with van der Waals surface area (Å²) in [6.07, 6.45) is 1.59. The van der Waals surface area contributed by atoms with Crippen LogP contribution in [0.15, 0.2) is 41.0 Å². The van der Waals surface area contributed by atoms with Crippen LogP contribution in [-0.2, 0) is 11.2 Å². The average molecular weight is 339 g/mol. The van der Waals surface area contributed by atoms with Gasteiger partial charge in [0.2, 0.25) is 5.91 Å². The predicted molar refractivity (Wildman–Crippen MR) is 77.2 cm³/mol. The third-order valence-electron chi connectivity index (χ3n) is 2.59. The second-order valence-electron chi connectivity index (χ2n) is 4.04. The largest absolute Gasteiger partial charge is 0.496 e. The molecule has 0 spiro atoms. The van der Waals surface area contributed by atoms with Gasteiger partial charge in [0.1, 0.15) is 17.4 Å². The predicted octanol–water partition coefficient (Wildman–Crippen LogP) is 3.17. The summed E-state index contributed by atoms with van der Waals surface area (Å²) in [5.41, 5.74) is 0.488. The molecule has 0 saturated carbocycles. The monoisotopic (exact) mass is 338 g/mol. The third kappa shape index (κ3) is 3.77. The second kappa shape index (κ2) is 6.47. The molecule has 0 aliphatic carbocycles. The van der Waals surface area contributed by atoms with E-state index in [0.717, 1.165) is 4.47 Å². The fraction of sp³-hybridized carbons (Fsp3) is 0.143. The number of anilines is 1. The molecule has 20 heavy (non-hydrogen) atoms. The van der Waals surface area contributed by atoms with Gasteiger partial charge in [-0.2, -0.15) is 0 Å². The van der Waals surface area contributed by atoms with Crippen LogP contribution in [0.2, 0.25) is 0 Å². The van der Waals surface area contributed by atoms with E-state index in [1.54, 1.807) is 18.3 Å². The summed E-state index contributed by atoms with van der Waals surface area (Å²) < 4.78 is 19.1. The van der Waals surface area contributed by atoms with E-state index < -0.39 is 5.82 Å². The van der Waals surface area contributed by atoms with E-state index in [4.69, 9.17) is 4.74 Å². The lowest BCUT2D eigenvalue weighted by atomic mass is 10.1. The maximum Gasteiger partial charge on any atom is 0.230 e. The summed E-state index contributed by atoms with van der Waals surface area (Å²) in [6.45, 7) is 0. The first kappa shape index (κ1) is 14.5. The topological polar surface area (TPSA) is 51.2 Å². The molecule has 2 rings (SSSR count). The molecule has 0 aliphatic heterocycles. The molecule has 6 heteroatoms. The molecule has 1 heterocycles. The molecule has 1 aromatic heterocycles. The van der Waals surface area contributed by atoms with Gasteiger partial charge < -0.3 is 10.1 Å². The van der Waals surface area contributed by atoms with Crippen molar-refractivity contribution in [2.24, 2.45) is 0 Å². The van der Waals surface area contributed by atoms with Gasteiger partial charge in [-0.05, 0) is 46.3 Å². The van der Waals surface area contributed by atoms with E-state index in [2.05, 4.69) is 26.2 Å². The highest BCUT2D eigenvalue weighted by molar-refractivity contribution is 9.10. The zero-order valence-electron chi connectivity index (χ0n) is 10.7. The van der Waals surface area contributed by atoms with E-state index in [9.17, 15) is 9.18 Å². The van der Waals surface area contributed by atoms with Crippen LogP contribution >= 0.6 is 15.9 Å². The van der Waals surface area contributed by atoms with Gasteiger partial charge >= 0.3 is 0 Å². The van der Waals surface area contributed by atoms with Crippen LogP contribution < -0.4 is 10.1 Å². The highest BCUT2D eigenvalue weighted by Gasteiger charge is 2.10. The summed E-state index contributed by atoms with van der Waals surface area (Å²) in [7, 11) is 1.48. The van der Waals surface area contributed by atoms with Crippen molar-refractivity contribution in [1.82, 2.24) is 4.98 Å². The zero-order chi connectivity index (χ0) is 14.5. The first-order chi connectivity index (χ1) is 9.58. The third-order valence-corrected chi connectivity index (χ3v) is 3.06. The van der Waals surface area contributed by atoms with Crippen molar-refractivity contribution in [1.29, 1.82) is 0 Å². The first-order valence-electron chi connectivity index (χ1n) is 5.82. The second-order valence-corrected chi connectivity index (χ2v) is 4.96. The van der Waals surface area contributed by atoms with Crippen molar-refractivity contribution in [2.45, 2.75) is 6.42 Å². The Morgan fingerprint density at radius 2 is 2.20 bits per heavy atom. The molecule has 104 valence electrons. The fourth-order valence-electron chi connectivity index (χ4n) is 1.70. The Balaban J connectivity index is 2.08. The lowest BCUT2D eigenvalue weighted by Gasteiger charge is -2.09. The van der Waals surface area contributed by atoms with Gasteiger partial charge in [-0.1, -0.05) is 0 Å². The highest BCUT2D eigenvalue weighted by Crippen LogP contribution is 2.20. The zero-order valence-corrected chi connectivity index (χ0v) is 12.3. The molecule has 4 nitrogen and oxygen atoms in total. The molecule has 1 aromatic carbocycles. The minimum atomic E-state index is -0.407. The van der Waals surface area contributed by atoms with E-state index in [-0.39, 0.29) is 12.3 Å². The Bertz CT molecular complexity index is 617. The van der Waals surface area contributed by atoms with Gasteiger partial charge in [0.15, 0.2) is 0 Å². The van der Waals surface area contributed by atoms with Crippen LogP contribution in [0.25, 0.3) is 0 Å². The molecule has 0 saturated heterocycles. The molecule has 1 N–H and O–H groups in total. The smallest absolute Gasteiger partial charge is 0.230 e. The minimum absolute atomic E-state index is 0.0126. The summed E-state index contributed by atoms with van der Waals surface area (Å²) in [6, 6.07) is 7.51. The molecular weight excluding hydrogens is 327 g/mol. The van der Waals surface area contributed by atoms with Crippen LogP contribution in [-0.4, -0.2) is 18.0 Å². The number of aromatic nitrogens is 1. The molecule has 0 atom stereocenters. The number of benzene rings is 1. The number of carbonyl (C=O) groups is 1. The number of methoxy groups -OCH3 is 1. The van der Waals surface area contributed by atoms with E-state index in [1.807, 2.05) is 0 Å². The molecular formula is C14H12BrFN2O2. The summed E-state index contributed by atoms with van der Waals surface area (Å²) in [5.74, 6) is 0.220. The summed E-state index contributed by atoms with van der Waals surface area (Å²) in [4.78, 5) is 15.9. The van der Waals surface area contributed by atoms with Gasteiger partial charge in [0, 0.05) is 16.2 Å². The lowest BCUT2D eigenvalue weighted by Crippen LogP contribution is -2.15. The number of pyridine rings is 1. The Labute approximate surface area is 124 Å². The van der Waals surface area contributed by atoms with Crippen LogP contribution in [0.4, 0.5) is 10.2 Å². The van der Waals surface area contributed by atoms with Crippen molar-refractivity contribution in [3.63, 3.8) is 0 Å². The van der Waals surface area contributed by atoms with Crippen molar-refractivity contribution in [2.75, 3.05) is 12.4 Å². The van der Waals surface area contributed by atoms with Crippen LogP contribution in [0.3, 0.4) is 0 Å². The summed E-state index contributed by atoms with van der Waals surface area (Å²) >= 11 is 3.26. The van der Waals surface area contributed by atoms with Gasteiger partial charge in [-0.3, -0.25) is 4.79 Å². The molecule has 0 unspecified atom stereocenters. The lowest BCUT2D eigenvalue weighted by molar-refractivity contribution is -0.115. The number of carbonyl (C=O) groups excluding carboxylic acids is 1. The minimum Gasteiger partial charge on any atom is -0.496 e. The van der Waals surface area contributed by atoms with Crippen LogP contribution in [0.1, 0.15) is 5.56 Å². The molecule has 2 aromatic rings. The average Bonchev–Trinajstić information content (AvgIpc) is 2.41. The fourth-order valence-corrected chi connectivity index (χ4v) is 1.93. The quantitative estimate of drug-likeness (QED) is 0.931. The molecule has 0 fully saturated rings. The Kier molecular flexibility index (Phi) is 4.68. The van der Waals surface area contributed by atoms with Crippen molar-refractivity contribution in [3.05, 3.63) is 52.4 Å². The van der Waals surface area contributed by atoms with Gasteiger partial charge in [0.25, 0.3) is 0 Å². The maximum absolute atomic E-state index is 13.2. The molecule has 0 aliphatic rings. The number of rotatable bonds is 4. The van der Waals surface area contributed by atoms with E-state index in [1.165, 1.54) is 25.3 Å². The summed E-state index contributed by atoms with van der Waals surface area (Å²) in [5, 5.41) is 2.64. The Morgan fingerprint density at radius 3 is 2.85 bits per heavy atom. The van der Waals surface area contributed by atoms with Crippen LogP contribution in [0.5, 0.6) is 5.75 Å². The SMILES string of the molecule is COc1ccc(F)cc1CC(=O)Nc1ccc(Br)cn1. The number of amides is 1. The van der Waals surface area contributed by atoms with Gasteiger partial charge in [-0.25, -0.2) is 9.37 Å². The Morgan fingerprint density at radius 1 is 1.40 bits per heavy atom. The number of nitrogens with zero attached hydrogens (tertiary/aromatic N) is 1. The number of nitrogens with one attached hydrogen (secondary N) is 1. The van der Waals surface area contributed by atoms with Crippen molar-refractivity contribution < 1.29 is 13.9 Å². The van der Waals surface area contributed by atoms with Crippen molar-refractivity contribution >= 4 is 27.7 Å². The van der Waals surface area contributed by atoms with Gasteiger partial charge in [0.05, 0.1) is 13.5 Å². The molecule has 1 amide bonds. The van der Waals surface area contributed by atoms with Crippen LogP contribution in [0, 0.1) is 5.82 Å². The normalized spacial score (nSPS) is 10.2. The first-order valence-corrected chi connectivity index (χ1v) is 6.61. The van der Waals surface area contributed by atoms with Crippen molar-refractivity contribution in [3.8, 4) is 5.75 Å². The number of hydrogen-bond acceptors (Lipinski definition) is 3. The molecule has 0 bridgehead atoms. The standard InChI is InChI=1S/C14H12BrFN2O2/c1-20-12-4-3-11(16)6-9(12)7-14(19)18-13-5-2-10(15)8-17-13/h2-6,8H,7H2,1H3,(H,17,18,19). The maximum atomic E-state index is 13.2. The van der Waals surface area contributed by atoms with E-state index >= 15 is 0 Å². The number of halogens is 2. The van der Waals surface area contributed by atoms with Gasteiger partial charge in [-0.15, -0.1) is 0 Å². The molecule has 0 radical (unpaired) electrons. The Hall–Kier alpha value is -1.95.